The Kier molecular flexibility index (Phi) is 3.21. The molecule has 1 aromatic rings. The molecule has 1 saturated heterocycles. The van der Waals surface area contributed by atoms with E-state index < -0.39 is 0 Å². The highest BCUT2D eigenvalue weighted by atomic mass is 16.5. The number of pyridine rings is 1. The van der Waals surface area contributed by atoms with E-state index >= 15 is 0 Å². The van der Waals surface area contributed by atoms with Gasteiger partial charge in [-0.3, -0.25) is 0 Å². The molecule has 1 aliphatic rings. The minimum Gasteiger partial charge on any atom is -0.472 e. The summed E-state index contributed by atoms with van der Waals surface area (Å²) in [6, 6.07) is 5.12. The molecule has 2 heterocycles. The number of oxime groups is 1. The van der Waals surface area contributed by atoms with Crippen molar-refractivity contribution >= 4 is 5.84 Å². The molecule has 0 spiro atoms. The van der Waals surface area contributed by atoms with Gasteiger partial charge in [-0.15, -0.1) is 0 Å². The molecule has 0 radical (unpaired) electrons. The van der Waals surface area contributed by atoms with Gasteiger partial charge in [0.15, 0.2) is 5.84 Å². The van der Waals surface area contributed by atoms with E-state index in [9.17, 15) is 0 Å². The van der Waals surface area contributed by atoms with Crippen molar-refractivity contribution in [1.82, 2.24) is 4.98 Å². The quantitative estimate of drug-likeness (QED) is 0.334. The average molecular weight is 223 g/mol. The van der Waals surface area contributed by atoms with Crippen molar-refractivity contribution in [3.05, 3.63) is 23.9 Å². The molecule has 2 rings (SSSR count). The van der Waals surface area contributed by atoms with Gasteiger partial charge >= 0.3 is 0 Å². The van der Waals surface area contributed by atoms with E-state index in [0.717, 1.165) is 6.42 Å². The number of nitrogens with two attached hydrogens (primary N) is 1. The highest BCUT2D eigenvalue weighted by Gasteiger charge is 2.17. The van der Waals surface area contributed by atoms with E-state index in [1.54, 1.807) is 18.2 Å². The number of rotatable bonds is 3. The van der Waals surface area contributed by atoms with Crippen LogP contribution in [0.25, 0.3) is 0 Å². The molecule has 3 N–H and O–H groups in total. The van der Waals surface area contributed by atoms with Crippen LogP contribution in [0.3, 0.4) is 0 Å². The average Bonchev–Trinajstić information content (AvgIpc) is 2.81. The van der Waals surface area contributed by atoms with E-state index in [-0.39, 0.29) is 11.9 Å². The molecule has 0 saturated carbocycles. The monoisotopic (exact) mass is 223 g/mol. The van der Waals surface area contributed by atoms with E-state index in [1.165, 1.54) is 0 Å². The Morgan fingerprint density at radius 3 is 3.19 bits per heavy atom. The van der Waals surface area contributed by atoms with Crippen LogP contribution in [0, 0.1) is 0 Å². The second kappa shape index (κ2) is 4.80. The van der Waals surface area contributed by atoms with E-state index in [0.29, 0.717) is 24.8 Å². The van der Waals surface area contributed by atoms with Crippen LogP contribution in [0.2, 0.25) is 0 Å². The Bertz CT molecular complexity index is 389. The maximum Gasteiger partial charge on any atom is 0.214 e. The van der Waals surface area contributed by atoms with Gasteiger partial charge in [0, 0.05) is 12.5 Å². The number of amidine groups is 1. The van der Waals surface area contributed by atoms with Gasteiger partial charge < -0.3 is 20.4 Å². The van der Waals surface area contributed by atoms with Gasteiger partial charge in [-0.1, -0.05) is 11.2 Å². The molecule has 6 heteroatoms. The molecule has 0 aliphatic carbocycles. The maximum absolute atomic E-state index is 8.53. The lowest BCUT2D eigenvalue weighted by atomic mass is 10.3. The van der Waals surface area contributed by atoms with Crippen LogP contribution in [0.4, 0.5) is 0 Å². The summed E-state index contributed by atoms with van der Waals surface area (Å²) in [6.45, 7) is 1.29. The topological polar surface area (TPSA) is 90.0 Å². The summed E-state index contributed by atoms with van der Waals surface area (Å²) in [4.78, 5) is 4.11. The molecule has 16 heavy (non-hydrogen) atoms. The van der Waals surface area contributed by atoms with Gasteiger partial charge in [0.25, 0.3) is 0 Å². The van der Waals surface area contributed by atoms with E-state index in [4.69, 9.17) is 20.4 Å². The fourth-order valence-corrected chi connectivity index (χ4v) is 1.45. The van der Waals surface area contributed by atoms with Crippen molar-refractivity contribution in [2.45, 2.75) is 12.5 Å². The van der Waals surface area contributed by atoms with Gasteiger partial charge in [0.1, 0.15) is 11.8 Å². The van der Waals surface area contributed by atoms with Crippen LogP contribution < -0.4 is 10.5 Å². The highest BCUT2D eigenvalue weighted by Crippen LogP contribution is 2.14. The van der Waals surface area contributed by atoms with Crippen molar-refractivity contribution in [2.24, 2.45) is 10.9 Å². The smallest absolute Gasteiger partial charge is 0.214 e. The standard InChI is InChI=1S/C10H13N3O3/c11-10(13-14)8-2-1-3-9(12-8)16-7-4-5-15-6-7/h1-3,7,14H,4-6H2,(H2,11,13). The number of hydrogen-bond donors (Lipinski definition) is 2. The highest BCUT2D eigenvalue weighted by molar-refractivity contribution is 5.95. The number of aromatic nitrogens is 1. The first-order valence-electron chi connectivity index (χ1n) is 4.99. The molecule has 0 bridgehead atoms. The SMILES string of the molecule is NC(=NO)c1cccc(OC2CCOC2)n1. The largest absolute Gasteiger partial charge is 0.472 e. The summed E-state index contributed by atoms with van der Waals surface area (Å²) in [5.41, 5.74) is 5.82. The van der Waals surface area contributed by atoms with Crippen LogP contribution >= 0.6 is 0 Å². The normalized spacial score (nSPS) is 21.0. The summed E-state index contributed by atoms with van der Waals surface area (Å²) >= 11 is 0. The number of hydrogen-bond acceptors (Lipinski definition) is 5. The summed E-state index contributed by atoms with van der Waals surface area (Å²) in [6.07, 6.45) is 0.894. The van der Waals surface area contributed by atoms with Crippen molar-refractivity contribution < 1.29 is 14.7 Å². The molecule has 6 nitrogen and oxygen atoms in total. The van der Waals surface area contributed by atoms with Crippen LogP contribution in [0.5, 0.6) is 5.88 Å². The Morgan fingerprint density at radius 2 is 2.50 bits per heavy atom. The minimum absolute atomic E-state index is 0.0341. The summed E-state index contributed by atoms with van der Waals surface area (Å²) in [7, 11) is 0. The van der Waals surface area contributed by atoms with Crippen LogP contribution in [-0.4, -0.2) is 35.3 Å². The molecule has 1 aromatic heterocycles. The van der Waals surface area contributed by atoms with E-state index in [1.807, 2.05) is 0 Å². The lowest BCUT2D eigenvalue weighted by molar-refractivity contribution is 0.138. The Balaban J connectivity index is 2.09. The molecule has 1 aliphatic heterocycles. The Labute approximate surface area is 92.7 Å². The van der Waals surface area contributed by atoms with Gasteiger partial charge in [0.2, 0.25) is 5.88 Å². The molecule has 1 fully saturated rings. The second-order valence-electron chi connectivity index (χ2n) is 3.45. The summed E-state index contributed by atoms with van der Waals surface area (Å²) in [5, 5.41) is 11.4. The first-order valence-corrected chi connectivity index (χ1v) is 4.99. The predicted molar refractivity (Wildman–Crippen MR) is 56.6 cm³/mol. The Morgan fingerprint density at radius 1 is 1.62 bits per heavy atom. The van der Waals surface area contributed by atoms with Crippen LogP contribution in [0.15, 0.2) is 23.4 Å². The van der Waals surface area contributed by atoms with Gasteiger partial charge in [0.05, 0.1) is 13.2 Å². The van der Waals surface area contributed by atoms with Crippen molar-refractivity contribution in [1.29, 1.82) is 0 Å². The van der Waals surface area contributed by atoms with Gasteiger partial charge in [-0.25, -0.2) is 4.98 Å². The molecule has 1 unspecified atom stereocenters. The minimum atomic E-state index is -0.0341. The first kappa shape index (κ1) is 10.7. The predicted octanol–water partition coefficient (Wildman–Crippen LogP) is 0.344. The van der Waals surface area contributed by atoms with Gasteiger partial charge in [-0.05, 0) is 6.07 Å². The van der Waals surface area contributed by atoms with Crippen molar-refractivity contribution in [3.8, 4) is 5.88 Å². The van der Waals surface area contributed by atoms with Crippen molar-refractivity contribution in [3.63, 3.8) is 0 Å². The molecule has 0 aromatic carbocycles. The second-order valence-corrected chi connectivity index (χ2v) is 3.45. The third kappa shape index (κ3) is 2.40. The van der Waals surface area contributed by atoms with Crippen LogP contribution in [0.1, 0.15) is 12.1 Å². The zero-order valence-corrected chi connectivity index (χ0v) is 8.67. The first-order chi connectivity index (χ1) is 7.79. The van der Waals surface area contributed by atoms with Gasteiger partial charge in [-0.2, -0.15) is 0 Å². The third-order valence-electron chi connectivity index (χ3n) is 2.27. The molecule has 86 valence electrons. The molecular weight excluding hydrogens is 210 g/mol. The summed E-state index contributed by atoms with van der Waals surface area (Å²) in [5.74, 6) is 0.424. The number of nitrogens with zero attached hydrogens (tertiary/aromatic N) is 2. The molecule has 0 amide bonds. The fourth-order valence-electron chi connectivity index (χ4n) is 1.45. The lowest BCUT2D eigenvalue weighted by Crippen LogP contribution is -2.19. The van der Waals surface area contributed by atoms with Crippen LogP contribution in [-0.2, 0) is 4.74 Å². The van der Waals surface area contributed by atoms with Crippen molar-refractivity contribution in [2.75, 3.05) is 13.2 Å². The third-order valence-corrected chi connectivity index (χ3v) is 2.27. The zero-order valence-electron chi connectivity index (χ0n) is 8.67. The fraction of sp³-hybridized carbons (Fsp3) is 0.400. The summed E-state index contributed by atoms with van der Waals surface area (Å²) < 4.78 is 10.8. The maximum atomic E-state index is 8.53. The molecule has 1 atom stereocenters. The number of ether oxygens (including phenoxy) is 2. The molecular formula is C10H13N3O3. The van der Waals surface area contributed by atoms with E-state index in [2.05, 4.69) is 10.1 Å². The lowest BCUT2D eigenvalue weighted by Gasteiger charge is -2.11. The zero-order chi connectivity index (χ0) is 11.4. The Hall–Kier alpha value is -1.82.